The second-order valence-corrected chi connectivity index (χ2v) is 9.26. The van der Waals surface area contributed by atoms with Crippen molar-refractivity contribution in [2.75, 3.05) is 18.4 Å². The molecule has 2 aromatic rings. The van der Waals surface area contributed by atoms with Gasteiger partial charge in [-0.05, 0) is 31.1 Å². The summed E-state index contributed by atoms with van der Waals surface area (Å²) in [6.07, 6.45) is 18.4. The number of amides is 1. The van der Waals surface area contributed by atoms with Gasteiger partial charge in [0, 0.05) is 37.2 Å². The zero-order valence-corrected chi connectivity index (χ0v) is 19.2. The lowest BCUT2D eigenvalue weighted by Gasteiger charge is -2.20. The third-order valence-corrected chi connectivity index (χ3v) is 6.78. The Morgan fingerprint density at radius 1 is 1.12 bits per heavy atom. The minimum Gasteiger partial charge on any atom is -0.370 e. The number of nitrogens with one attached hydrogen (secondary N) is 2. The van der Waals surface area contributed by atoms with Crippen molar-refractivity contribution in [3.63, 3.8) is 0 Å². The van der Waals surface area contributed by atoms with Gasteiger partial charge in [-0.2, -0.15) is 9.61 Å². The molecule has 0 aromatic carbocycles. The molecular formula is C24H31BClN5O. The van der Waals surface area contributed by atoms with Gasteiger partial charge in [-0.25, -0.2) is 4.98 Å². The fourth-order valence-electron chi connectivity index (χ4n) is 4.50. The lowest BCUT2D eigenvalue weighted by atomic mass is 9.95. The molecule has 2 aromatic heterocycles. The molecule has 2 heterocycles. The summed E-state index contributed by atoms with van der Waals surface area (Å²) < 4.78 is 1.73. The molecule has 168 valence electrons. The van der Waals surface area contributed by atoms with E-state index < -0.39 is 0 Å². The van der Waals surface area contributed by atoms with Gasteiger partial charge in [0.1, 0.15) is 13.7 Å². The number of hydrogen-bond donors (Lipinski definition) is 2. The number of allylic oxidation sites excluding steroid dienone is 4. The van der Waals surface area contributed by atoms with Crippen LogP contribution < -0.4 is 16.1 Å². The predicted molar refractivity (Wildman–Crippen MR) is 131 cm³/mol. The first kappa shape index (κ1) is 22.9. The zero-order chi connectivity index (χ0) is 22.3. The van der Waals surface area contributed by atoms with Crippen molar-refractivity contribution < 1.29 is 4.79 Å². The average molecular weight is 452 g/mol. The number of rotatable bonds is 8. The number of anilines is 1. The minimum absolute atomic E-state index is 0.0132. The Morgan fingerprint density at radius 2 is 1.88 bits per heavy atom. The monoisotopic (exact) mass is 451 g/mol. The van der Waals surface area contributed by atoms with E-state index in [1.165, 1.54) is 25.7 Å². The highest BCUT2D eigenvalue weighted by Gasteiger charge is 2.22. The molecule has 2 aliphatic carbocycles. The van der Waals surface area contributed by atoms with Gasteiger partial charge in [0.2, 0.25) is 5.91 Å². The van der Waals surface area contributed by atoms with Gasteiger partial charge in [-0.15, -0.1) is 11.6 Å². The molecule has 4 rings (SSSR count). The van der Waals surface area contributed by atoms with Gasteiger partial charge in [-0.1, -0.05) is 50.0 Å². The van der Waals surface area contributed by atoms with E-state index in [0.717, 1.165) is 50.3 Å². The van der Waals surface area contributed by atoms with Crippen molar-refractivity contribution in [1.82, 2.24) is 19.9 Å². The first-order chi connectivity index (χ1) is 15.6. The van der Waals surface area contributed by atoms with Crippen LogP contribution in [-0.4, -0.2) is 46.8 Å². The van der Waals surface area contributed by atoms with E-state index in [4.69, 9.17) is 24.4 Å². The van der Waals surface area contributed by atoms with E-state index in [1.807, 2.05) is 24.3 Å². The highest BCUT2D eigenvalue weighted by Crippen LogP contribution is 2.29. The van der Waals surface area contributed by atoms with Crippen LogP contribution in [0.15, 0.2) is 36.6 Å². The molecule has 1 amide bonds. The molecule has 2 atom stereocenters. The van der Waals surface area contributed by atoms with Crippen LogP contribution in [0.3, 0.4) is 0 Å². The van der Waals surface area contributed by atoms with Crippen molar-refractivity contribution in [2.24, 2.45) is 5.92 Å². The van der Waals surface area contributed by atoms with Gasteiger partial charge >= 0.3 is 0 Å². The number of fused-ring (bicyclic) bond motifs is 1. The average Bonchev–Trinajstić information content (AvgIpc) is 3.00. The second-order valence-electron chi connectivity index (χ2n) is 8.75. The van der Waals surface area contributed by atoms with Gasteiger partial charge in [0.25, 0.3) is 0 Å². The maximum Gasteiger partial charge on any atom is 0.223 e. The Morgan fingerprint density at radius 3 is 2.66 bits per heavy atom. The summed E-state index contributed by atoms with van der Waals surface area (Å²) in [6.45, 7) is 1.48. The highest BCUT2D eigenvalue weighted by molar-refractivity contribution is 6.36. The summed E-state index contributed by atoms with van der Waals surface area (Å²) >= 11 is 6.50. The fourth-order valence-corrected chi connectivity index (χ4v) is 4.80. The molecule has 0 saturated heterocycles. The zero-order valence-electron chi connectivity index (χ0n) is 18.5. The van der Waals surface area contributed by atoms with Crippen LogP contribution in [0, 0.1) is 5.92 Å². The molecule has 2 radical (unpaired) electrons. The largest absolute Gasteiger partial charge is 0.370 e. The molecule has 2 unspecified atom stereocenters. The molecule has 2 aliphatic rings. The quantitative estimate of drug-likeness (QED) is 0.278. The van der Waals surface area contributed by atoms with Crippen LogP contribution >= 0.6 is 11.6 Å². The normalized spacial score (nSPS) is 21.5. The summed E-state index contributed by atoms with van der Waals surface area (Å²) in [4.78, 5) is 17.1. The number of nitrogens with zero attached hydrogens (tertiary/aromatic N) is 3. The molecule has 1 saturated carbocycles. The van der Waals surface area contributed by atoms with Crippen LogP contribution in [0.5, 0.6) is 0 Å². The molecule has 0 aliphatic heterocycles. The lowest BCUT2D eigenvalue weighted by Crippen LogP contribution is -2.31. The van der Waals surface area contributed by atoms with E-state index in [9.17, 15) is 4.79 Å². The van der Waals surface area contributed by atoms with Gasteiger partial charge in [-0.3, -0.25) is 4.79 Å². The summed E-state index contributed by atoms with van der Waals surface area (Å²) in [5.41, 5.74) is 2.04. The molecule has 0 spiro atoms. The van der Waals surface area contributed by atoms with Crippen molar-refractivity contribution in [3.8, 4) is 0 Å². The van der Waals surface area contributed by atoms with Crippen LogP contribution in [0.2, 0.25) is 0 Å². The van der Waals surface area contributed by atoms with Gasteiger partial charge < -0.3 is 10.6 Å². The second kappa shape index (κ2) is 11.0. The summed E-state index contributed by atoms with van der Waals surface area (Å²) in [6, 6.07) is 2.00. The topological polar surface area (TPSA) is 71.3 Å². The predicted octanol–water partition coefficient (Wildman–Crippen LogP) is 3.62. The van der Waals surface area contributed by atoms with Crippen molar-refractivity contribution >= 4 is 42.3 Å². The molecule has 8 heteroatoms. The first-order valence-corrected chi connectivity index (χ1v) is 12.2. The van der Waals surface area contributed by atoms with E-state index in [-0.39, 0.29) is 23.1 Å². The SMILES string of the molecule is [B]c1cnn2c(NCCCCNC(=O)C3CCCCCC3)cc(C3C=CC=CC3Cl)nc12. The Kier molecular flexibility index (Phi) is 7.90. The van der Waals surface area contributed by atoms with E-state index >= 15 is 0 Å². The molecule has 2 N–H and O–H groups in total. The Bertz CT molecular complexity index is 980. The van der Waals surface area contributed by atoms with E-state index in [1.54, 1.807) is 10.7 Å². The third kappa shape index (κ3) is 5.55. The molecular weight excluding hydrogens is 421 g/mol. The Hall–Kier alpha value is -2.28. The number of hydrogen-bond acceptors (Lipinski definition) is 4. The maximum atomic E-state index is 12.4. The lowest BCUT2D eigenvalue weighted by molar-refractivity contribution is -0.125. The van der Waals surface area contributed by atoms with Crippen molar-refractivity contribution in [3.05, 3.63) is 42.3 Å². The van der Waals surface area contributed by atoms with Crippen LogP contribution in [0.4, 0.5) is 5.82 Å². The Balaban J connectivity index is 1.30. The molecule has 0 bridgehead atoms. The number of carbonyl (C=O) groups is 1. The minimum atomic E-state index is -0.149. The Labute approximate surface area is 196 Å². The summed E-state index contributed by atoms with van der Waals surface area (Å²) in [7, 11) is 6.09. The van der Waals surface area contributed by atoms with E-state index in [0.29, 0.717) is 11.1 Å². The smallest absolute Gasteiger partial charge is 0.223 e. The van der Waals surface area contributed by atoms with Crippen molar-refractivity contribution in [2.45, 2.75) is 62.7 Å². The number of unbranched alkanes of at least 4 members (excludes halogenated alkanes) is 1. The van der Waals surface area contributed by atoms with Crippen LogP contribution in [0.1, 0.15) is 63.0 Å². The van der Waals surface area contributed by atoms with E-state index in [2.05, 4.69) is 21.8 Å². The summed E-state index contributed by atoms with van der Waals surface area (Å²) in [5.74, 6) is 1.27. The molecule has 1 fully saturated rings. The maximum absolute atomic E-state index is 12.4. The number of halogens is 1. The molecule has 6 nitrogen and oxygen atoms in total. The summed E-state index contributed by atoms with van der Waals surface area (Å²) in [5, 5.41) is 10.8. The van der Waals surface area contributed by atoms with Crippen LogP contribution in [-0.2, 0) is 4.79 Å². The fraction of sp³-hybridized carbons (Fsp3) is 0.542. The third-order valence-electron chi connectivity index (χ3n) is 6.36. The highest BCUT2D eigenvalue weighted by atomic mass is 35.5. The van der Waals surface area contributed by atoms with Crippen LogP contribution in [0.25, 0.3) is 5.65 Å². The first-order valence-electron chi connectivity index (χ1n) is 11.8. The van der Waals surface area contributed by atoms with Crippen molar-refractivity contribution in [1.29, 1.82) is 0 Å². The number of alkyl halides is 1. The number of carbonyl (C=O) groups excluding carboxylic acids is 1. The van der Waals surface area contributed by atoms with Gasteiger partial charge in [0.05, 0.1) is 11.1 Å². The standard InChI is InChI=1S/C24H31BClN5O/c25-19-16-29-31-22(15-21(30-23(19)31)18-11-5-6-12-20(18)26)27-13-7-8-14-28-24(32)17-9-3-1-2-4-10-17/h5-6,11-12,15-18,20,27H,1-4,7-10,13-14H2,(H,28,32). The molecule has 32 heavy (non-hydrogen) atoms. The number of aromatic nitrogens is 3. The van der Waals surface area contributed by atoms with Gasteiger partial charge in [0.15, 0.2) is 5.65 Å².